The summed E-state index contributed by atoms with van der Waals surface area (Å²) in [6.07, 6.45) is 2.89. The monoisotopic (exact) mass is 359 g/mol. The van der Waals surface area contributed by atoms with Crippen molar-refractivity contribution in [1.82, 2.24) is 9.03 Å². The lowest BCUT2D eigenvalue weighted by molar-refractivity contribution is 0.335. The largest absolute Gasteiger partial charge is 0.322 e. The van der Waals surface area contributed by atoms with Crippen LogP contribution >= 0.6 is 0 Å². The second kappa shape index (κ2) is 8.10. The Morgan fingerprint density at radius 1 is 0.840 bits per heavy atom. The van der Waals surface area contributed by atoms with Gasteiger partial charge in [0, 0.05) is 13.1 Å². The molecular weight excluding hydrogens is 334 g/mol. The maximum absolute atomic E-state index is 12.9. The lowest BCUT2D eigenvalue weighted by Gasteiger charge is -2.31. The highest BCUT2D eigenvalue weighted by molar-refractivity contribution is 7.87. The zero-order valence-electron chi connectivity index (χ0n) is 14.2. The third-order valence-corrected chi connectivity index (χ3v) is 6.23. The third kappa shape index (κ3) is 4.46. The second-order valence-electron chi connectivity index (χ2n) is 6.41. The van der Waals surface area contributed by atoms with Gasteiger partial charge in [0.1, 0.15) is 0 Å². The van der Waals surface area contributed by atoms with Gasteiger partial charge in [-0.2, -0.15) is 17.4 Å². The maximum atomic E-state index is 12.9. The van der Waals surface area contributed by atoms with Gasteiger partial charge in [0.2, 0.25) is 0 Å². The minimum absolute atomic E-state index is 0.469. The van der Waals surface area contributed by atoms with Crippen LogP contribution in [0.15, 0.2) is 60.7 Å². The summed E-state index contributed by atoms with van der Waals surface area (Å²) in [5, 5.41) is 0. The van der Waals surface area contributed by atoms with Gasteiger partial charge in [-0.3, -0.25) is 0 Å². The molecule has 0 radical (unpaired) electrons. The molecular formula is C19H25N3O2S. The Morgan fingerprint density at radius 2 is 1.36 bits per heavy atom. The van der Waals surface area contributed by atoms with E-state index in [1.54, 1.807) is 0 Å². The molecule has 5 nitrogen and oxygen atoms in total. The molecule has 1 saturated heterocycles. The molecule has 1 aliphatic heterocycles. The number of hydrogen-bond donors (Lipinski definition) is 2. The first-order valence-corrected chi connectivity index (χ1v) is 10.1. The average Bonchev–Trinajstić information content (AvgIpc) is 2.68. The summed E-state index contributed by atoms with van der Waals surface area (Å²) in [7, 11) is -3.58. The van der Waals surface area contributed by atoms with E-state index in [0.29, 0.717) is 13.1 Å². The first-order chi connectivity index (χ1) is 12.1. The SMILES string of the molecule is NC(c1ccccc1)C(NS(=O)(=O)N1CCCCC1)c1ccccc1. The lowest BCUT2D eigenvalue weighted by Crippen LogP contribution is -2.46. The Balaban J connectivity index is 1.89. The Bertz CT molecular complexity index is 760. The lowest BCUT2D eigenvalue weighted by atomic mass is 9.95. The zero-order valence-corrected chi connectivity index (χ0v) is 15.0. The number of nitrogens with two attached hydrogens (primary N) is 1. The molecule has 1 aliphatic rings. The van der Waals surface area contributed by atoms with Crippen molar-refractivity contribution < 1.29 is 8.42 Å². The van der Waals surface area contributed by atoms with Gasteiger partial charge in [0.25, 0.3) is 10.2 Å². The van der Waals surface area contributed by atoms with Crippen LogP contribution in [0.3, 0.4) is 0 Å². The van der Waals surface area contributed by atoms with Crippen LogP contribution in [0.1, 0.15) is 42.5 Å². The topological polar surface area (TPSA) is 75.4 Å². The van der Waals surface area contributed by atoms with Crippen LogP contribution in [0.4, 0.5) is 0 Å². The highest BCUT2D eigenvalue weighted by Gasteiger charge is 2.30. The van der Waals surface area contributed by atoms with Gasteiger partial charge in [0.15, 0.2) is 0 Å². The molecule has 0 saturated carbocycles. The van der Waals surface area contributed by atoms with E-state index in [1.165, 1.54) is 4.31 Å². The fourth-order valence-corrected chi connectivity index (χ4v) is 4.71. The van der Waals surface area contributed by atoms with Crippen molar-refractivity contribution in [3.05, 3.63) is 71.8 Å². The molecule has 2 atom stereocenters. The predicted molar refractivity (Wildman–Crippen MR) is 100 cm³/mol. The summed E-state index contributed by atoms with van der Waals surface area (Å²) in [4.78, 5) is 0. The highest BCUT2D eigenvalue weighted by Crippen LogP contribution is 2.28. The molecule has 0 spiro atoms. The van der Waals surface area contributed by atoms with Crippen LogP contribution in [-0.4, -0.2) is 25.8 Å². The van der Waals surface area contributed by atoms with E-state index >= 15 is 0 Å². The molecule has 1 fully saturated rings. The standard InChI is InChI=1S/C19H25N3O2S/c20-18(16-10-4-1-5-11-16)19(17-12-6-2-7-13-17)21-25(23,24)22-14-8-3-9-15-22/h1-2,4-7,10-13,18-19,21H,3,8-9,14-15,20H2. The van der Waals surface area contributed by atoms with Crippen LogP contribution in [-0.2, 0) is 10.2 Å². The van der Waals surface area contributed by atoms with Gasteiger partial charge in [-0.1, -0.05) is 67.1 Å². The Labute approximate surface area is 150 Å². The molecule has 3 rings (SSSR count). The van der Waals surface area contributed by atoms with E-state index in [4.69, 9.17) is 5.73 Å². The molecule has 2 aromatic carbocycles. The summed E-state index contributed by atoms with van der Waals surface area (Å²) in [6.45, 7) is 1.13. The van der Waals surface area contributed by atoms with Crippen LogP contribution in [0.25, 0.3) is 0 Å². The number of nitrogens with one attached hydrogen (secondary N) is 1. The molecule has 2 aromatic rings. The fourth-order valence-electron chi connectivity index (χ4n) is 3.22. The minimum atomic E-state index is -3.58. The van der Waals surface area contributed by atoms with E-state index in [1.807, 2.05) is 60.7 Å². The molecule has 0 aromatic heterocycles. The van der Waals surface area contributed by atoms with Crippen molar-refractivity contribution in [1.29, 1.82) is 0 Å². The molecule has 25 heavy (non-hydrogen) atoms. The number of benzene rings is 2. The minimum Gasteiger partial charge on any atom is -0.322 e. The van der Waals surface area contributed by atoms with Crippen LogP contribution in [0, 0.1) is 0 Å². The normalized spacial score (nSPS) is 18.6. The molecule has 2 unspecified atom stereocenters. The summed E-state index contributed by atoms with van der Waals surface area (Å²) in [5.41, 5.74) is 8.22. The summed E-state index contributed by atoms with van der Waals surface area (Å²) in [5.74, 6) is 0. The molecule has 6 heteroatoms. The number of piperidine rings is 1. The van der Waals surface area contributed by atoms with Crippen molar-refractivity contribution in [3.63, 3.8) is 0 Å². The molecule has 134 valence electrons. The molecule has 1 heterocycles. The van der Waals surface area contributed by atoms with E-state index < -0.39 is 22.3 Å². The van der Waals surface area contributed by atoms with Crippen molar-refractivity contribution in [2.24, 2.45) is 5.73 Å². The molecule has 0 bridgehead atoms. The van der Waals surface area contributed by atoms with E-state index in [2.05, 4.69) is 4.72 Å². The summed E-state index contributed by atoms with van der Waals surface area (Å²) < 4.78 is 30.1. The van der Waals surface area contributed by atoms with Crippen molar-refractivity contribution in [2.75, 3.05) is 13.1 Å². The average molecular weight is 359 g/mol. The van der Waals surface area contributed by atoms with Crippen molar-refractivity contribution >= 4 is 10.2 Å². The molecule has 3 N–H and O–H groups in total. The number of hydrogen-bond acceptors (Lipinski definition) is 3. The number of rotatable bonds is 6. The molecule has 0 aliphatic carbocycles. The van der Waals surface area contributed by atoms with Gasteiger partial charge in [0.05, 0.1) is 12.1 Å². The van der Waals surface area contributed by atoms with Gasteiger partial charge >= 0.3 is 0 Å². The van der Waals surface area contributed by atoms with Gasteiger partial charge in [-0.05, 0) is 24.0 Å². The van der Waals surface area contributed by atoms with Crippen LogP contribution in [0.2, 0.25) is 0 Å². The zero-order chi connectivity index (χ0) is 17.7. The highest BCUT2D eigenvalue weighted by atomic mass is 32.2. The second-order valence-corrected chi connectivity index (χ2v) is 8.11. The summed E-state index contributed by atoms with van der Waals surface area (Å²) in [6, 6.07) is 18.1. The molecule has 0 amide bonds. The maximum Gasteiger partial charge on any atom is 0.280 e. The van der Waals surface area contributed by atoms with Crippen molar-refractivity contribution in [2.45, 2.75) is 31.3 Å². The fraction of sp³-hybridized carbons (Fsp3) is 0.368. The first-order valence-electron chi connectivity index (χ1n) is 8.71. The Morgan fingerprint density at radius 3 is 1.92 bits per heavy atom. The van der Waals surface area contributed by atoms with E-state index in [-0.39, 0.29) is 0 Å². The summed E-state index contributed by atoms with van der Waals surface area (Å²) >= 11 is 0. The number of nitrogens with zero attached hydrogens (tertiary/aromatic N) is 1. The Kier molecular flexibility index (Phi) is 5.86. The first kappa shape index (κ1) is 18.1. The van der Waals surface area contributed by atoms with E-state index in [0.717, 1.165) is 30.4 Å². The smallest absolute Gasteiger partial charge is 0.280 e. The van der Waals surface area contributed by atoms with Gasteiger partial charge in [-0.15, -0.1) is 0 Å². The third-order valence-electron chi connectivity index (χ3n) is 4.63. The Hall–Kier alpha value is -1.73. The van der Waals surface area contributed by atoms with Crippen molar-refractivity contribution in [3.8, 4) is 0 Å². The van der Waals surface area contributed by atoms with Gasteiger partial charge < -0.3 is 5.73 Å². The van der Waals surface area contributed by atoms with Crippen LogP contribution < -0.4 is 10.5 Å². The van der Waals surface area contributed by atoms with Gasteiger partial charge in [-0.25, -0.2) is 0 Å². The predicted octanol–water partition coefficient (Wildman–Crippen LogP) is 2.75. The van der Waals surface area contributed by atoms with Crippen LogP contribution in [0.5, 0.6) is 0 Å². The quantitative estimate of drug-likeness (QED) is 0.833. The van der Waals surface area contributed by atoms with E-state index in [9.17, 15) is 8.42 Å².